The zero-order chi connectivity index (χ0) is 13.0. The number of nitrogens with two attached hydrogens (primary N) is 1. The van der Waals surface area contributed by atoms with Gasteiger partial charge in [-0.25, -0.2) is 4.98 Å². The number of hydrogen-bond acceptors (Lipinski definition) is 3. The maximum Gasteiger partial charge on any atom is 0.133 e. The molecule has 18 heavy (non-hydrogen) atoms. The van der Waals surface area contributed by atoms with Crippen LogP contribution < -0.4 is 10.6 Å². The Morgan fingerprint density at radius 1 is 1.22 bits per heavy atom. The number of rotatable bonds is 4. The Morgan fingerprint density at radius 3 is 2.72 bits per heavy atom. The highest BCUT2D eigenvalue weighted by Gasteiger charge is 2.08. The van der Waals surface area contributed by atoms with Gasteiger partial charge in [0.2, 0.25) is 0 Å². The van der Waals surface area contributed by atoms with Gasteiger partial charge in [0.1, 0.15) is 5.82 Å². The normalized spacial score (nSPS) is 10.4. The zero-order valence-electron chi connectivity index (χ0n) is 10.9. The van der Waals surface area contributed by atoms with Crippen LogP contribution in [0.3, 0.4) is 0 Å². The molecule has 2 aromatic rings. The van der Waals surface area contributed by atoms with Gasteiger partial charge < -0.3 is 10.6 Å². The van der Waals surface area contributed by atoms with Crippen LogP contribution in [0.25, 0.3) is 0 Å². The predicted octanol–water partition coefficient (Wildman–Crippen LogP) is 3.01. The number of anilines is 2. The largest absolute Gasteiger partial charge is 0.327 e. The van der Waals surface area contributed by atoms with E-state index in [0.717, 1.165) is 17.9 Å². The van der Waals surface area contributed by atoms with Gasteiger partial charge in [0, 0.05) is 25.0 Å². The van der Waals surface area contributed by atoms with E-state index in [1.165, 1.54) is 11.3 Å². The first kappa shape index (κ1) is 12.6. The summed E-state index contributed by atoms with van der Waals surface area (Å²) in [5.74, 6) is 0.950. The van der Waals surface area contributed by atoms with Gasteiger partial charge in [-0.2, -0.15) is 0 Å². The van der Waals surface area contributed by atoms with Gasteiger partial charge in [-0.05, 0) is 49.2 Å². The van der Waals surface area contributed by atoms with Crippen molar-refractivity contribution in [3.63, 3.8) is 0 Å². The molecule has 0 spiro atoms. The van der Waals surface area contributed by atoms with Crippen LogP contribution in [0.1, 0.15) is 18.1 Å². The molecule has 0 amide bonds. The van der Waals surface area contributed by atoms with E-state index in [4.69, 9.17) is 5.73 Å². The third kappa shape index (κ3) is 2.68. The molecule has 2 rings (SSSR count). The van der Waals surface area contributed by atoms with E-state index < -0.39 is 0 Å². The highest BCUT2D eigenvalue weighted by molar-refractivity contribution is 5.61. The predicted molar refractivity (Wildman–Crippen MR) is 76.0 cm³/mol. The summed E-state index contributed by atoms with van der Waals surface area (Å²) >= 11 is 0. The molecule has 0 saturated carbocycles. The molecular formula is C15H19N3. The van der Waals surface area contributed by atoms with Crippen molar-refractivity contribution in [2.45, 2.75) is 20.4 Å². The lowest BCUT2D eigenvalue weighted by atomic mass is 10.2. The minimum atomic E-state index is 0.543. The van der Waals surface area contributed by atoms with Crippen molar-refractivity contribution >= 4 is 11.5 Å². The molecule has 0 saturated heterocycles. The van der Waals surface area contributed by atoms with Crippen LogP contribution in [-0.4, -0.2) is 11.5 Å². The van der Waals surface area contributed by atoms with Gasteiger partial charge >= 0.3 is 0 Å². The molecule has 1 aromatic heterocycles. The highest BCUT2D eigenvalue weighted by Crippen LogP contribution is 2.24. The maximum atomic E-state index is 5.68. The van der Waals surface area contributed by atoms with Crippen LogP contribution in [0.5, 0.6) is 0 Å². The van der Waals surface area contributed by atoms with Gasteiger partial charge in [0.15, 0.2) is 0 Å². The van der Waals surface area contributed by atoms with E-state index in [2.05, 4.69) is 48.0 Å². The van der Waals surface area contributed by atoms with Gasteiger partial charge in [-0.3, -0.25) is 0 Å². The molecule has 3 nitrogen and oxygen atoms in total. The average molecular weight is 241 g/mol. The molecule has 0 unspecified atom stereocenters. The van der Waals surface area contributed by atoms with E-state index in [0.29, 0.717) is 6.54 Å². The quantitative estimate of drug-likeness (QED) is 0.894. The SMILES string of the molecule is CCN(c1cccc(C)c1)c1cc(CN)ccn1. The average Bonchev–Trinajstić information content (AvgIpc) is 2.40. The fourth-order valence-corrected chi connectivity index (χ4v) is 2.01. The van der Waals surface area contributed by atoms with E-state index >= 15 is 0 Å². The van der Waals surface area contributed by atoms with Gasteiger partial charge in [-0.1, -0.05) is 12.1 Å². The summed E-state index contributed by atoms with van der Waals surface area (Å²) in [4.78, 5) is 6.62. The standard InChI is InChI=1S/C15H19N3/c1-3-18(14-6-4-5-12(2)9-14)15-10-13(11-16)7-8-17-15/h4-10H,3,11,16H2,1-2H3. The number of aromatic nitrogens is 1. The number of pyridine rings is 1. The second-order valence-corrected chi connectivity index (χ2v) is 4.31. The Morgan fingerprint density at radius 2 is 2.06 bits per heavy atom. The first-order valence-electron chi connectivity index (χ1n) is 6.23. The summed E-state index contributed by atoms with van der Waals surface area (Å²) in [5, 5.41) is 0. The molecule has 0 aliphatic heterocycles. The molecule has 0 fully saturated rings. The van der Waals surface area contributed by atoms with Crippen molar-refractivity contribution in [1.29, 1.82) is 0 Å². The molecule has 2 N–H and O–H groups in total. The minimum absolute atomic E-state index is 0.543. The monoisotopic (exact) mass is 241 g/mol. The highest BCUT2D eigenvalue weighted by atomic mass is 15.2. The number of hydrogen-bond donors (Lipinski definition) is 1. The Labute approximate surface area is 108 Å². The third-order valence-corrected chi connectivity index (χ3v) is 2.95. The summed E-state index contributed by atoms with van der Waals surface area (Å²) in [5.41, 5.74) is 9.20. The summed E-state index contributed by atoms with van der Waals surface area (Å²) in [6, 6.07) is 12.4. The van der Waals surface area contributed by atoms with Gasteiger partial charge in [0.05, 0.1) is 0 Å². The van der Waals surface area contributed by atoms with E-state index in [1.54, 1.807) is 0 Å². The van der Waals surface area contributed by atoms with Crippen molar-refractivity contribution in [3.8, 4) is 0 Å². The van der Waals surface area contributed by atoms with E-state index in [1.807, 2.05) is 18.3 Å². The molecular weight excluding hydrogens is 222 g/mol. The van der Waals surface area contributed by atoms with Crippen LogP contribution >= 0.6 is 0 Å². The molecule has 0 bridgehead atoms. The van der Waals surface area contributed by atoms with Crippen LogP contribution in [0.15, 0.2) is 42.6 Å². The molecule has 1 heterocycles. The molecule has 0 aliphatic rings. The number of nitrogens with zero attached hydrogens (tertiary/aromatic N) is 2. The Balaban J connectivity index is 2.38. The van der Waals surface area contributed by atoms with Gasteiger partial charge in [0.25, 0.3) is 0 Å². The van der Waals surface area contributed by atoms with Crippen LogP contribution in [0.2, 0.25) is 0 Å². The fourth-order valence-electron chi connectivity index (χ4n) is 2.01. The summed E-state index contributed by atoms with van der Waals surface area (Å²) in [6.45, 7) is 5.64. The summed E-state index contributed by atoms with van der Waals surface area (Å²) in [7, 11) is 0. The second-order valence-electron chi connectivity index (χ2n) is 4.31. The summed E-state index contributed by atoms with van der Waals surface area (Å²) < 4.78 is 0. The Kier molecular flexibility index (Phi) is 3.95. The first-order chi connectivity index (χ1) is 8.74. The topological polar surface area (TPSA) is 42.1 Å². The zero-order valence-corrected chi connectivity index (χ0v) is 10.9. The third-order valence-electron chi connectivity index (χ3n) is 2.95. The van der Waals surface area contributed by atoms with Crippen LogP contribution in [0, 0.1) is 6.92 Å². The number of benzene rings is 1. The van der Waals surface area contributed by atoms with Crippen molar-refractivity contribution in [3.05, 3.63) is 53.7 Å². The van der Waals surface area contributed by atoms with Crippen molar-refractivity contribution < 1.29 is 0 Å². The smallest absolute Gasteiger partial charge is 0.133 e. The lowest BCUT2D eigenvalue weighted by Crippen LogP contribution is -2.17. The fraction of sp³-hybridized carbons (Fsp3) is 0.267. The van der Waals surface area contributed by atoms with Crippen molar-refractivity contribution in [2.24, 2.45) is 5.73 Å². The van der Waals surface area contributed by atoms with Crippen LogP contribution in [-0.2, 0) is 6.54 Å². The first-order valence-corrected chi connectivity index (χ1v) is 6.23. The van der Waals surface area contributed by atoms with Crippen LogP contribution in [0.4, 0.5) is 11.5 Å². The Bertz CT molecular complexity index is 523. The molecule has 0 atom stereocenters. The Hall–Kier alpha value is -1.87. The van der Waals surface area contributed by atoms with Crippen molar-refractivity contribution in [2.75, 3.05) is 11.4 Å². The molecule has 94 valence electrons. The second kappa shape index (κ2) is 5.65. The van der Waals surface area contributed by atoms with E-state index in [9.17, 15) is 0 Å². The lowest BCUT2D eigenvalue weighted by Gasteiger charge is -2.22. The maximum absolute atomic E-state index is 5.68. The van der Waals surface area contributed by atoms with Gasteiger partial charge in [-0.15, -0.1) is 0 Å². The summed E-state index contributed by atoms with van der Waals surface area (Å²) in [6.07, 6.45) is 1.82. The van der Waals surface area contributed by atoms with E-state index in [-0.39, 0.29) is 0 Å². The molecule has 0 radical (unpaired) electrons. The molecule has 1 aromatic carbocycles. The van der Waals surface area contributed by atoms with Crippen molar-refractivity contribution in [1.82, 2.24) is 4.98 Å². The lowest BCUT2D eigenvalue weighted by molar-refractivity contribution is 0.973. The molecule has 3 heteroatoms. The molecule has 0 aliphatic carbocycles. The number of aryl methyl sites for hydroxylation is 1. The minimum Gasteiger partial charge on any atom is -0.327 e.